The van der Waals surface area contributed by atoms with Crippen molar-refractivity contribution in [3.63, 3.8) is 0 Å². The smallest absolute Gasteiger partial charge is 0.246 e. The Labute approximate surface area is 154 Å². The molecule has 5 heteroatoms. The average molecular weight is 351 g/mol. The molecule has 0 aliphatic carbocycles. The van der Waals surface area contributed by atoms with E-state index in [2.05, 4.69) is 16.0 Å². The van der Waals surface area contributed by atoms with Crippen molar-refractivity contribution >= 4 is 12.0 Å². The van der Waals surface area contributed by atoms with E-state index in [4.69, 9.17) is 4.74 Å². The summed E-state index contributed by atoms with van der Waals surface area (Å²) in [5, 5.41) is 0. The summed E-state index contributed by atoms with van der Waals surface area (Å²) >= 11 is 0. The first-order chi connectivity index (χ1) is 12.7. The molecule has 1 fully saturated rings. The van der Waals surface area contributed by atoms with Crippen LogP contribution in [0.4, 0.5) is 0 Å². The van der Waals surface area contributed by atoms with Crippen molar-refractivity contribution in [1.82, 2.24) is 14.8 Å². The molecule has 1 saturated heterocycles. The van der Waals surface area contributed by atoms with E-state index in [0.717, 1.165) is 44.0 Å². The third kappa shape index (κ3) is 5.17. The number of amides is 1. The molecule has 1 aromatic carbocycles. The minimum Gasteiger partial charge on any atom is -0.494 e. The molecule has 5 nitrogen and oxygen atoms in total. The van der Waals surface area contributed by atoms with E-state index in [9.17, 15) is 4.79 Å². The zero-order valence-corrected chi connectivity index (χ0v) is 15.2. The molecule has 26 heavy (non-hydrogen) atoms. The molecule has 2 aromatic rings. The van der Waals surface area contributed by atoms with Crippen molar-refractivity contribution in [2.24, 2.45) is 0 Å². The Kier molecular flexibility index (Phi) is 6.39. The Bertz CT molecular complexity index is 721. The van der Waals surface area contributed by atoms with Crippen molar-refractivity contribution in [3.8, 4) is 5.75 Å². The van der Waals surface area contributed by atoms with Crippen LogP contribution in [0.3, 0.4) is 0 Å². The van der Waals surface area contributed by atoms with Crippen LogP contribution in [0.25, 0.3) is 6.08 Å². The molecule has 3 rings (SSSR count). The molecule has 1 aliphatic rings. The van der Waals surface area contributed by atoms with Gasteiger partial charge in [-0.2, -0.15) is 0 Å². The number of aromatic nitrogens is 1. The summed E-state index contributed by atoms with van der Waals surface area (Å²) in [7, 11) is 0. The highest BCUT2D eigenvalue weighted by Gasteiger charge is 2.19. The second-order valence-electron chi connectivity index (χ2n) is 6.30. The highest BCUT2D eigenvalue weighted by atomic mass is 16.5. The molecule has 0 radical (unpaired) electrons. The van der Waals surface area contributed by atoms with Crippen LogP contribution in [0.15, 0.2) is 54.9 Å². The Hall–Kier alpha value is -2.66. The second kappa shape index (κ2) is 9.15. The lowest BCUT2D eigenvalue weighted by Gasteiger charge is -2.34. The van der Waals surface area contributed by atoms with Crippen LogP contribution in [0, 0.1) is 0 Å². The molecular weight excluding hydrogens is 326 g/mol. The number of hydrogen-bond acceptors (Lipinski definition) is 4. The first-order valence-corrected chi connectivity index (χ1v) is 9.05. The molecule has 1 amide bonds. The maximum atomic E-state index is 12.4. The first kappa shape index (κ1) is 18.1. The van der Waals surface area contributed by atoms with E-state index in [1.165, 1.54) is 5.56 Å². The van der Waals surface area contributed by atoms with Gasteiger partial charge < -0.3 is 9.64 Å². The molecule has 0 N–H and O–H groups in total. The lowest BCUT2D eigenvalue weighted by Crippen LogP contribution is -2.47. The predicted octanol–water partition coefficient (Wildman–Crippen LogP) is 2.84. The van der Waals surface area contributed by atoms with Gasteiger partial charge in [0.1, 0.15) is 5.75 Å². The fourth-order valence-corrected chi connectivity index (χ4v) is 2.99. The summed E-state index contributed by atoms with van der Waals surface area (Å²) < 4.78 is 5.43. The summed E-state index contributed by atoms with van der Waals surface area (Å²) in [4.78, 5) is 20.8. The predicted molar refractivity (Wildman–Crippen MR) is 103 cm³/mol. The molecule has 2 heterocycles. The quantitative estimate of drug-likeness (QED) is 0.751. The molecule has 0 bridgehead atoms. The van der Waals surface area contributed by atoms with E-state index >= 15 is 0 Å². The largest absolute Gasteiger partial charge is 0.494 e. The lowest BCUT2D eigenvalue weighted by molar-refractivity contribution is -0.127. The van der Waals surface area contributed by atoms with Gasteiger partial charge in [0.15, 0.2) is 0 Å². The SMILES string of the molecule is CCOc1ccc(/C=C/C(=O)N2CCN(Cc3cccnc3)CC2)cc1. The summed E-state index contributed by atoms with van der Waals surface area (Å²) in [5.74, 6) is 0.917. The van der Waals surface area contributed by atoms with E-state index < -0.39 is 0 Å². The van der Waals surface area contributed by atoms with E-state index in [0.29, 0.717) is 6.61 Å². The standard InChI is InChI=1S/C21H25N3O2/c1-2-26-20-8-5-18(6-9-20)7-10-21(25)24-14-12-23(13-15-24)17-19-4-3-11-22-16-19/h3-11,16H,2,12-15,17H2,1H3/b10-7+. The monoisotopic (exact) mass is 351 g/mol. The minimum absolute atomic E-state index is 0.0694. The zero-order valence-electron chi connectivity index (χ0n) is 15.2. The van der Waals surface area contributed by atoms with Gasteiger partial charge in [-0.3, -0.25) is 14.7 Å². The Morgan fingerprint density at radius 2 is 1.92 bits per heavy atom. The number of nitrogens with zero attached hydrogens (tertiary/aromatic N) is 3. The van der Waals surface area contributed by atoms with Gasteiger partial charge in [-0.25, -0.2) is 0 Å². The molecular formula is C21H25N3O2. The van der Waals surface area contributed by atoms with Crippen LogP contribution in [0.2, 0.25) is 0 Å². The number of carbonyl (C=O) groups excluding carboxylic acids is 1. The van der Waals surface area contributed by atoms with Gasteiger partial charge in [0.25, 0.3) is 0 Å². The van der Waals surface area contributed by atoms with E-state index in [-0.39, 0.29) is 5.91 Å². The summed E-state index contributed by atoms with van der Waals surface area (Å²) in [6.07, 6.45) is 7.21. The van der Waals surface area contributed by atoms with Gasteiger partial charge in [-0.05, 0) is 42.3 Å². The van der Waals surface area contributed by atoms with Crippen LogP contribution in [0.5, 0.6) is 5.75 Å². The maximum absolute atomic E-state index is 12.4. The van der Waals surface area contributed by atoms with Crippen LogP contribution in [-0.2, 0) is 11.3 Å². The van der Waals surface area contributed by atoms with Crippen LogP contribution in [-0.4, -0.2) is 53.5 Å². The third-order valence-electron chi connectivity index (χ3n) is 4.42. The Balaban J connectivity index is 1.47. The number of hydrogen-bond donors (Lipinski definition) is 0. The number of pyridine rings is 1. The summed E-state index contributed by atoms with van der Waals surface area (Å²) in [6, 6.07) is 11.8. The van der Waals surface area contributed by atoms with Gasteiger partial charge in [-0.15, -0.1) is 0 Å². The van der Waals surface area contributed by atoms with Crippen molar-refractivity contribution in [1.29, 1.82) is 0 Å². The van der Waals surface area contributed by atoms with Crippen LogP contribution >= 0.6 is 0 Å². The van der Waals surface area contributed by atoms with Gasteiger partial charge >= 0.3 is 0 Å². The number of piperazine rings is 1. The van der Waals surface area contributed by atoms with Crippen molar-refractivity contribution in [2.75, 3.05) is 32.8 Å². The lowest BCUT2D eigenvalue weighted by atomic mass is 10.2. The van der Waals surface area contributed by atoms with Gasteiger partial charge in [-0.1, -0.05) is 18.2 Å². The fourth-order valence-electron chi connectivity index (χ4n) is 2.99. The van der Waals surface area contributed by atoms with E-state index in [1.807, 2.05) is 54.4 Å². The topological polar surface area (TPSA) is 45.7 Å². The van der Waals surface area contributed by atoms with Gasteiger partial charge in [0, 0.05) is 51.2 Å². The van der Waals surface area contributed by atoms with Crippen molar-refractivity contribution < 1.29 is 9.53 Å². The highest BCUT2D eigenvalue weighted by molar-refractivity contribution is 5.91. The van der Waals surface area contributed by atoms with E-state index in [1.54, 1.807) is 12.3 Å². The average Bonchev–Trinajstić information content (AvgIpc) is 2.69. The van der Waals surface area contributed by atoms with Gasteiger partial charge in [0.2, 0.25) is 5.91 Å². The molecule has 1 aromatic heterocycles. The summed E-state index contributed by atoms with van der Waals surface area (Å²) in [5.41, 5.74) is 2.21. The molecule has 0 unspecified atom stereocenters. The minimum atomic E-state index is 0.0694. The van der Waals surface area contributed by atoms with Gasteiger partial charge in [0.05, 0.1) is 6.61 Å². The van der Waals surface area contributed by atoms with Crippen LogP contribution in [0.1, 0.15) is 18.1 Å². The molecule has 136 valence electrons. The van der Waals surface area contributed by atoms with Crippen molar-refractivity contribution in [3.05, 3.63) is 66.0 Å². The number of ether oxygens (including phenoxy) is 1. The Morgan fingerprint density at radius 3 is 2.58 bits per heavy atom. The normalized spacial score (nSPS) is 15.3. The second-order valence-corrected chi connectivity index (χ2v) is 6.30. The zero-order chi connectivity index (χ0) is 18.2. The number of carbonyl (C=O) groups is 1. The third-order valence-corrected chi connectivity index (χ3v) is 4.42. The first-order valence-electron chi connectivity index (χ1n) is 9.05. The number of benzene rings is 1. The highest BCUT2D eigenvalue weighted by Crippen LogP contribution is 2.13. The molecule has 0 spiro atoms. The van der Waals surface area contributed by atoms with Crippen LogP contribution < -0.4 is 4.74 Å². The maximum Gasteiger partial charge on any atom is 0.246 e. The van der Waals surface area contributed by atoms with Crippen molar-refractivity contribution in [2.45, 2.75) is 13.5 Å². The molecule has 0 saturated carbocycles. The number of rotatable bonds is 6. The summed E-state index contributed by atoms with van der Waals surface area (Å²) in [6.45, 7) is 6.79. The molecule has 1 aliphatic heterocycles. The Morgan fingerprint density at radius 1 is 1.15 bits per heavy atom. The molecule has 0 atom stereocenters. The fraction of sp³-hybridized carbons (Fsp3) is 0.333.